The standard InChI is InChI=1S/C33H54N6O8/c1-25(35-33(2,3)4)34-27-11-9-26(10-12-27)19-28-20-38(23-31(42)46-7)16-15-36(21-29(40)44-5)13-14-37(22-30(41)45-6)17-18-39(28)24-32(43)47-8/h9-12,28,34-35H,1,13-24H2,2-8H3. The van der Waals surface area contributed by atoms with Crippen LogP contribution in [0, 0.1) is 0 Å². The first-order valence-electron chi connectivity index (χ1n) is 15.8. The molecule has 264 valence electrons. The van der Waals surface area contributed by atoms with Crippen LogP contribution >= 0.6 is 0 Å². The van der Waals surface area contributed by atoms with Crippen molar-refractivity contribution < 1.29 is 38.1 Å². The van der Waals surface area contributed by atoms with Gasteiger partial charge in [0.2, 0.25) is 0 Å². The largest absolute Gasteiger partial charge is 0.468 e. The Morgan fingerprint density at radius 1 is 0.702 bits per heavy atom. The van der Waals surface area contributed by atoms with Crippen LogP contribution in [0.15, 0.2) is 36.7 Å². The Kier molecular flexibility index (Phi) is 16.6. The smallest absolute Gasteiger partial charge is 0.319 e. The minimum Gasteiger partial charge on any atom is -0.468 e. The fraction of sp³-hybridized carbons (Fsp3) is 0.636. The molecule has 1 aromatic carbocycles. The van der Waals surface area contributed by atoms with E-state index in [1.165, 1.54) is 28.4 Å². The molecule has 1 unspecified atom stereocenters. The SMILES string of the molecule is C=C(Nc1ccc(CC2CN(CC(=O)OC)CCN(CC(=O)OC)CCN(CC(=O)OC)CCN2CC(=O)OC)cc1)NC(C)(C)C. The maximum atomic E-state index is 12.7. The summed E-state index contributed by atoms with van der Waals surface area (Å²) in [5, 5.41) is 6.59. The lowest BCUT2D eigenvalue weighted by molar-refractivity contribution is -0.145. The number of hydrogen-bond donors (Lipinski definition) is 2. The first-order chi connectivity index (χ1) is 22.2. The number of benzene rings is 1. The van der Waals surface area contributed by atoms with Crippen LogP contribution < -0.4 is 10.6 Å². The second-order valence-corrected chi connectivity index (χ2v) is 12.6. The predicted octanol–water partition coefficient (Wildman–Crippen LogP) is 0.783. The highest BCUT2D eigenvalue weighted by Gasteiger charge is 2.28. The van der Waals surface area contributed by atoms with Crippen LogP contribution in [-0.4, -0.2) is 155 Å². The average molecular weight is 663 g/mol. The Balaban J connectivity index is 2.44. The molecule has 1 aliphatic heterocycles. The second kappa shape index (κ2) is 19.8. The Bertz CT molecular complexity index is 1170. The highest BCUT2D eigenvalue weighted by molar-refractivity contribution is 5.72. The Labute approximate surface area is 279 Å². The van der Waals surface area contributed by atoms with Crippen molar-refractivity contribution in [2.75, 3.05) is 106 Å². The summed E-state index contributed by atoms with van der Waals surface area (Å²) >= 11 is 0. The van der Waals surface area contributed by atoms with Gasteiger partial charge in [-0.2, -0.15) is 0 Å². The molecule has 1 aliphatic rings. The van der Waals surface area contributed by atoms with Gasteiger partial charge in [0.1, 0.15) is 0 Å². The summed E-state index contributed by atoms with van der Waals surface area (Å²) in [6.07, 6.45) is 0.555. The van der Waals surface area contributed by atoms with Crippen LogP contribution in [0.1, 0.15) is 26.3 Å². The molecule has 1 atom stereocenters. The molecule has 1 heterocycles. The van der Waals surface area contributed by atoms with E-state index in [9.17, 15) is 19.2 Å². The summed E-state index contributed by atoms with van der Waals surface area (Å²) in [5.74, 6) is -0.863. The third-order valence-electron chi connectivity index (χ3n) is 7.70. The monoisotopic (exact) mass is 662 g/mol. The first kappa shape index (κ1) is 39.5. The summed E-state index contributed by atoms with van der Waals surface area (Å²) in [4.78, 5) is 57.6. The Hall–Kier alpha value is -3.72. The van der Waals surface area contributed by atoms with Crippen molar-refractivity contribution in [2.45, 2.75) is 38.8 Å². The minimum atomic E-state index is -0.394. The topological polar surface area (TPSA) is 142 Å². The number of rotatable bonds is 13. The lowest BCUT2D eigenvalue weighted by atomic mass is 10.0. The molecular weight excluding hydrogens is 608 g/mol. The van der Waals surface area contributed by atoms with Gasteiger partial charge in [-0.25, -0.2) is 0 Å². The van der Waals surface area contributed by atoms with Crippen molar-refractivity contribution in [3.05, 3.63) is 42.2 Å². The zero-order valence-electron chi connectivity index (χ0n) is 29.1. The number of carbonyl (C=O) groups is 4. The number of methoxy groups -OCH3 is 4. The number of hydrogen-bond acceptors (Lipinski definition) is 14. The number of anilines is 1. The minimum absolute atomic E-state index is 0.0195. The molecular formula is C33H54N6O8. The van der Waals surface area contributed by atoms with Gasteiger partial charge < -0.3 is 29.6 Å². The van der Waals surface area contributed by atoms with Crippen LogP contribution in [0.4, 0.5) is 5.69 Å². The molecule has 0 amide bonds. The molecule has 0 aliphatic carbocycles. The van der Waals surface area contributed by atoms with E-state index in [4.69, 9.17) is 18.9 Å². The highest BCUT2D eigenvalue weighted by Crippen LogP contribution is 2.17. The van der Waals surface area contributed by atoms with E-state index in [1.54, 1.807) is 0 Å². The van der Waals surface area contributed by atoms with Crippen molar-refractivity contribution in [3.8, 4) is 0 Å². The molecule has 14 nitrogen and oxygen atoms in total. The summed E-state index contributed by atoms with van der Waals surface area (Å²) in [6.45, 7) is 13.5. The van der Waals surface area contributed by atoms with Gasteiger partial charge in [0.25, 0.3) is 0 Å². The molecule has 0 saturated carbocycles. The van der Waals surface area contributed by atoms with Gasteiger partial charge in [-0.1, -0.05) is 18.7 Å². The van der Waals surface area contributed by atoms with Crippen LogP contribution in [0.5, 0.6) is 0 Å². The molecule has 1 saturated heterocycles. The van der Waals surface area contributed by atoms with E-state index >= 15 is 0 Å². The number of esters is 4. The molecule has 47 heavy (non-hydrogen) atoms. The average Bonchev–Trinajstić information content (AvgIpc) is 3.02. The van der Waals surface area contributed by atoms with Gasteiger partial charge in [0.15, 0.2) is 0 Å². The second-order valence-electron chi connectivity index (χ2n) is 12.6. The van der Waals surface area contributed by atoms with E-state index in [2.05, 4.69) is 38.0 Å². The maximum absolute atomic E-state index is 12.7. The number of ether oxygens (including phenoxy) is 4. The fourth-order valence-electron chi connectivity index (χ4n) is 5.23. The normalized spacial score (nSPS) is 17.8. The molecule has 2 rings (SSSR count). The Morgan fingerprint density at radius 3 is 1.60 bits per heavy atom. The molecule has 14 heteroatoms. The van der Waals surface area contributed by atoms with E-state index in [1.807, 2.05) is 43.9 Å². The molecule has 0 radical (unpaired) electrons. The molecule has 0 spiro atoms. The summed E-state index contributed by atoms with van der Waals surface area (Å²) in [7, 11) is 5.38. The van der Waals surface area contributed by atoms with Gasteiger partial charge in [0, 0.05) is 63.1 Å². The van der Waals surface area contributed by atoms with E-state index < -0.39 is 11.9 Å². The van der Waals surface area contributed by atoms with E-state index in [0.29, 0.717) is 58.1 Å². The Morgan fingerprint density at radius 2 is 1.13 bits per heavy atom. The van der Waals surface area contributed by atoms with Crippen LogP contribution in [0.3, 0.4) is 0 Å². The van der Waals surface area contributed by atoms with Crippen LogP contribution in [0.2, 0.25) is 0 Å². The van der Waals surface area contributed by atoms with Gasteiger partial charge in [-0.15, -0.1) is 0 Å². The van der Waals surface area contributed by atoms with Gasteiger partial charge in [0.05, 0.1) is 60.4 Å². The van der Waals surface area contributed by atoms with E-state index in [-0.39, 0.29) is 49.7 Å². The third-order valence-corrected chi connectivity index (χ3v) is 7.70. The lowest BCUT2D eigenvalue weighted by Gasteiger charge is -2.38. The van der Waals surface area contributed by atoms with Crippen molar-refractivity contribution >= 4 is 29.6 Å². The maximum Gasteiger partial charge on any atom is 0.319 e. The van der Waals surface area contributed by atoms with Gasteiger partial charge >= 0.3 is 23.9 Å². The van der Waals surface area contributed by atoms with Crippen molar-refractivity contribution in [2.24, 2.45) is 0 Å². The summed E-state index contributed by atoms with van der Waals surface area (Å²) < 4.78 is 19.9. The van der Waals surface area contributed by atoms with Crippen molar-refractivity contribution in [3.63, 3.8) is 0 Å². The highest BCUT2D eigenvalue weighted by atomic mass is 16.5. The molecule has 0 aromatic heterocycles. The molecule has 0 bridgehead atoms. The van der Waals surface area contributed by atoms with Gasteiger partial charge in [-0.3, -0.25) is 38.8 Å². The molecule has 2 N–H and O–H groups in total. The zero-order chi connectivity index (χ0) is 35.0. The fourth-order valence-corrected chi connectivity index (χ4v) is 5.23. The first-order valence-corrected chi connectivity index (χ1v) is 15.8. The molecule has 1 aromatic rings. The van der Waals surface area contributed by atoms with E-state index in [0.717, 1.165) is 11.3 Å². The quantitative estimate of drug-likeness (QED) is 0.227. The van der Waals surface area contributed by atoms with Crippen LogP contribution in [0.25, 0.3) is 0 Å². The number of carbonyl (C=O) groups excluding carboxylic acids is 4. The number of nitrogens with one attached hydrogen (secondary N) is 2. The van der Waals surface area contributed by atoms with Gasteiger partial charge in [-0.05, 0) is 44.9 Å². The van der Waals surface area contributed by atoms with Crippen molar-refractivity contribution in [1.82, 2.24) is 24.9 Å². The third kappa shape index (κ3) is 15.6. The predicted molar refractivity (Wildman–Crippen MR) is 179 cm³/mol. The van der Waals surface area contributed by atoms with Crippen molar-refractivity contribution in [1.29, 1.82) is 0 Å². The molecule has 1 fully saturated rings. The lowest BCUT2D eigenvalue weighted by Crippen LogP contribution is -2.53. The number of nitrogens with zero attached hydrogens (tertiary/aromatic N) is 4. The summed E-state index contributed by atoms with van der Waals surface area (Å²) in [6, 6.07) is 7.75. The van der Waals surface area contributed by atoms with Crippen LogP contribution in [-0.2, 0) is 44.5 Å². The zero-order valence-corrected chi connectivity index (χ0v) is 29.1. The summed E-state index contributed by atoms with van der Waals surface area (Å²) in [5.41, 5.74) is 1.75.